The molecule has 1 spiro atoms. The first-order valence-corrected chi connectivity index (χ1v) is 21.7. The quantitative estimate of drug-likeness (QED) is 0.176. The topological polar surface area (TPSA) is 115 Å². The fraction of sp³-hybridized carbons (Fsp3) is 0.0714. The van der Waals surface area contributed by atoms with E-state index in [0.29, 0.717) is 41.1 Å². The molecule has 9 nitrogen and oxygen atoms in total. The lowest BCUT2D eigenvalue weighted by atomic mass is 9.69. The van der Waals surface area contributed by atoms with E-state index in [1.807, 2.05) is 79.0 Å². The lowest BCUT2D eigenvalue weighted by Crippen LogP contribution is -2.26. The summed E-state index contributed by atoms with van der Waals surface area (Å²) in [5.41, 5.74) is 17.9. The van der Waals surface area contributed by atoms with Gasteiger partial charge < -0.3 is 5.32 Å². The Balaban J connectivity index is 1.08. The highest BCUT2D eigenvalue weighted by molar-refractivity contribution is 6.05. The van der Waals surface area contributed by atoms with E-state index in [1.165, 1.54) is 55.6 Å². The van der Waals surface area contributed by atoms with Gasteiger partial charge in [-0.1, -0.05) is 108 Å². The second-order valence-electron chi connectivity index (χ2n) is 16.6. The van der Waals surface area contributed by atoms with E-state index in [9.17, 15) is 0 Å². The summed E-state index contributed by atoms with van der Waals surface area (Å²) < 4.78 is 0. The van der Waals surface area contributed by atoms with E-state index >= 15 is 0 Å². The molecule has 3 aliphatic rings. The summed E-state index contributed by atoms with van der Waals surface area (Å²) in [5.74, 6) is 2.16. The minimum Gasteiger partial charge on any atom is -0.337 e. The van der Waals surface area contributed by atoms with Crippen molar-refractivity contribution in [2.45, 2.75) is 25.7 Å². The summed E-state index contributed by atoms with van der Waals surface area (Å²) in [5, 5.41) is 3.61. The van der Waals surface area contributed by atoms with Crippen LogP contribution in [0.1, 0.15) is 56.8 Å². The van der Waals surface area contributed by atoms with Crippen molar-refractivity contribution < 1.29 is 0 Å². The lowest BCUT2D eigenvalue weighted by Gasteiger charge is -2.31. The van der Waals surface area contributed by atoms with Gasteiger partial charge in [0.25, 0.3) is 0 Å². The van der Waals surface area contributed by atoms with Crippen LogP contribution in [-0.4, -0.2) is 40.7 Å². The normalized spacial score (nSPS) is 16.4. The number of hydrogen-bond donors (Lipinski definition) is 1. The van der Waals surface area contributed by atoms with Crippen molar-refractivity contribution in [1.82, 2.24) is 40.2 Å². The largest absolute Gasteiger partial charge is 0.337 e. The van der Waals surface area contributed by atoms with E-state index in [0.717, 1.165) is 33.9 Å². The fourth-order valence-electron chi connectivity index (χ4n) is 9.64. The van der Waals surface area contributed by atoms with Gasteiger partial charge in [-0.3, -0.25) is 19.9 Å². The Morgan fingerprint density at radius 2 is 0.892 bits per heavy atom. The Morgan fingerprint density at radius 1 is 0.431 bits per heavy atom. The van der Waals surface area contributed by atoms with Crippen LogP contribution < -0.4 is 5.32 Å². The molecule has 0 saturated heterocycles. The minimum atomic E-state index is -0.667. The molecule has 12 rings (SSSR count). The van der Waals surface area contributed by atoms with Gasteiger partial charge in [0.15, 0.2) is 23.3 Å². The van der Waals surface area contributed by atoms with Gasteiger partial charge in [-0.2, -0.15) is 0 Å². The van der Waals surface area contributed by atoms with Crippen molar-refractivity contribution in [1.29, 1.82) is 0 Å². The predicted octanol–water partition coefficient (Wildman–Crippen LogP) is 11.2. The van der Waals surface area contributed by atoms with Crippen LogP contribution in [0.2, 0.25) is 0 Å². The van der Waals surface area contributed by atoms with Gasteiger partial charge in [0, 0.05) is 35.9 Å². The Hall–Kier alpha value is -8.56. The molecular weight excluding hydrogens is 799 g/mol. The molecule has 2 aliphatic carbocycles. The Morgan fingerprint density at radius 3 is 1.43 bits per heavy atom. The zero-order chi connectivity index (χ0) is 43.5. The number of fused-ring (bicyclic) bond motifs is 10. The maximum atomic E-state index is 5.38. The van der Waals surface area contributed by atoms with Crippen molar-refractivity contribution in [3.05, 3.63) is 233 Å². The molecule has 9 aromatic rings. The van der Waals surface area contributed by atoms with Gasteiger partial charge >= 0.3 is 0 Å². The molecular formula is C56H39N9. The van der Waals surface area contributed by atoms with Crippen LogP contribution in [0.25, 0.3) is 68.1 Å². The minimum absolute atomic E-state index is 0.483. The molecule has 1 N–H and O–H groups in total. The summed E-state index contributed by atoms with van der Waals surface area (Å²) in [6.45, 7) is 4.36. The first-order valence-electron chi connectivity index (χ1n) is 21.7. The van der Waals surface area contributed by atoms with Gasteiger partial charge in [0.1, 0.15) is 17.1 Å². The highest BCUT2D eigenvalue weighted by Gasteiger charge is 2.52. The van der Waals surface area contributed by atoms with E-state index in [4.69, 9.17) is 24.9 Å². The molecule has 1 atom stereocenters. The van der Waals surface area contributed by atoms with Crippen molar-refractivity contribution in [2.24, 2.45) is 4.99 Å². The fourth-order valence-corrected chi connectivity index (χ4v) is 9.64. The van der Waals surface area contributed by atoms with Crippen LogP contribution in [-0.2, 0) is 5.41 Å². The highest BCUT2D eigenvalue weighted by Crippen LogP contribution is 2.63. The molecule has 0 radical (unpaired) electrons. The molecule has 308 valence electrons. The van der Waals surface area contributed by atoms with E-state index in [1.54, 1.807) is 18.6 Å². The molecule has 5 aromatic heterocycles. The summed E-state index contributed by atoms with van der Waals surface area (Å²) >= 11 is 0. The number of aryl methyl sites for hydroxylation is 2. The van der Waals surface area contributed by atoms with Crippen LogP contribution in [0.5, 0.6) is 0 Å². The molecule has 0 bridgehead atoms. The molecule has 65 heavy (non-hydrogen) atoms. The molecule has 4 aromatic carbocycles. The Kier molecular flexibility index (Phi) is 9.01. The monoisotopic (exact) mass is 837 g/mol. The van der Waals surface area contributed by atoms with E-state index < -0.39 is 5.41 Å². The second kappa shape index (κ2) is 15.4. The van der Waals surface area contributed by atoms with Gasteiger partial charge in [-0.05, 0) is 125 Å². The molecule has 0 saturated carbocycles. The molecule has 0 amide bonds. The SMILES string of the molecule is Cc1ccc2c(c1)C1(c3cc(C)ccc3-c3ccc(-c4nc(-c5ccccn5)nc(-c5ccccn5)n4)cc31)c1cc(C3=CC/C=C(/c4ccccn4)NC(c4ccccn4)=N3)ccc1-2. The highest BCUT2D eigenvalue weighted by atomic mass is 15.1. The number of amidine groups is 1. The van der Waals surface area contributed by atoms with Crippen LogP contribution in [0.15, 0.2) is 188 Å². The molecule has 6 heterocycles. The first kappa shape index (κ1) is 38.1. The summed E-state index contributed by atoms with van der Waals surface area (Å²) in [6.07, 6.45) is 12.1. The third kappa shape index (κ3) is 6.39. The molecule has 1 unspecified atom stereocenters. The number of nitrogens with one attached hydrogen (secondary N) is 1. The third-order valence-corrected chi connectivity index (χ3v) is 12.5. The van der Waals surface area contributed by atoms with Gasteiger partial charge in [0.2, 0.25) is 0 Å². The number of hydrogen-bond acceptors (Lipinski definition) is 9. The second-order valence-corrected chi connectivity index (χ2v) is 16.6. The molecule has 0 fully saturated rings. The standard InChI is InChI=1S/C56H39N9/c1-34-18-22-38-40-24-20-36(46-16-11-17-48(47-12-3-7-26-57-47)62-53(61-46)49-13-4-8-27-58-49)32-44(40)56(42(38)30-34)43-31-35(2)19-23-39(43)41-25-21-37(33-45(41)56)52-63-54(50-14-5-9-28-59-50)65-55(64-52)51-15-6-10-29-60-51/h3-10,12-33H,11H2,1-2H3,(H,61,62)/b46-16?,48-17-. The number of aromatic nitrogens is 7. The van der Waals surface area contributed by atoms with Crippen molar-refractivity contribution in [2.75, 3.05) is 0 Å². The lowest BCUT2D eigenvalue weighted by molar-refractivity contribution is 0.791. The average Bonchev–Trinajstić information content (AvgIpc) is 3.80. The first-order chi connectivity index (χ1) is 32.0. The van der Waals surface area contributed by atoms with Crippen molar-refractivity contribution in [3.8, 4) is 56.7 Å². The number of nitrogens with zero attached hydrogens (tertiary/aromatic N) is 8. The van der Waals surface area contributed by atoms with E-state index in [-0.39, 0.29) is 0 Å². The summed E-state index contributed by atoms with van der Waals surface area (Å²) in [4.78, 5) is 39.1. The third-order valence-electron chi connectivity index (χ3n) is 12.5. The number of benzene rings is 4. The van der Waals surface area contributed by atoms with E-state index in [2.05, 4.69) is 119 Å². The number of pyridine rings is 4. The zero-order valence-electron chi connectivity index (χ0n) is 35.6. The van der Waals surface area contributed by atoms with Gasteiger partial charge in [0.05, 0.1) is 22.5 Å². The number of aliphatic imine (C=N–C) groups is 1. The maximum Gasteiger partial charge on any atom is 0.182 e. The predicted molar refractivity (Wildman–Crippen MR) is 256 cm³/mol. The van der Waals surface area contributed by atoms with Gasteiger partial charge in [-0.25, -0.2) is 19.9 Å². The number of rotatable bonds is 6. The summed E-state index contributed by atoms with van der Waals surface area (Å²) in [6, 6.07) is 50.7. The Labute approximate surface area is 376 Å². The molecule has 9 heteroatoms. The van der Waals surface area contributed by atoms with Crippen LogP contribution in [0.3, 0.4) is 0 Å². The molecule has 1 aliphatic heterocycles. The maximum absolute atomic E-state index is 5.38. The van der Waals surface area contributed by atoms with Crippen LogP contribution >= 0.6 is 0 Å². The van der Waals surface area contributed by atoms with Crippen molar-refractivity contribution in [3.63, 3.8) is 0 Å². The number of allylic oxidation sites excluding steroid dienone is 2. The zero-order valence-corrected chi connectivity index (χ0v) is 35.6. The summed E-state index contributed by atoms with van der Waals surface area (Å²) in [7, 11) is 0. The van der Waals surface area contributed by atoms with Crippen LogP contribution in [0.4, 0.5) is 0 Å². The average molecular weight is 838 g/mol. The van der Waals surface area contributed by atoms with Crippen LogP contribution in [0, 0.1) is 13.8 Å². The van der Waals surface area contributed by atoms with Gasteiger partial charge in [-0.15, -0.1) is 0 Å². The van der Waals surface area contributed by atoms with Crippen molar-refractivity contribution >= 4 is 17.2 Å². The Bertz CT molecular complexity index is 3360. The smallest absolute Gasteiger partial charge is 0.182 e.